The molecule has 6 nitrogen and oxygen atoms in total. The number of carbonyl (C=O) groups is 1. The van der Waals surface area contributed by atoms with Gasteiger partial charge < -0.3 is 13.9 Å². The Morgan fingerprint density at radius 3 is 2.67 bits per heavy atom. The van der Waals surface area contributed by atoms with E-state index < -0.39 is 11.7 Å². The first-order chi connectivity index (χ1) is 14.6. The van der Waals surface area contributed by atoms with E-state index >= 15 is 0 Å². The van der Waals surface area contributed by atoms with Crippen LogP contribution in [0.15, 0.2) is 64.4 Å². The zero-order valence-corrected chi connectivity index (χ0v) is 17.0. The fourth-order valence-corrected chi connectivity index (χ4v) is 3.60. The number of thiazole rings is 1. The Kier molecular flexibility index (Phi) is 5.49. The molecule has 152 valence electrons. The minimum Gasteiger partial charge on any atom is -0.497 e. The van der Waals surface area contributed by atoms with Gasteiger partial charge in [-0.3, -0.25) is 10.1 Å². The van der Waals surface area contributed by atoms with Gasteiger partial charge in [-0.2, -0.15) is 0 Å². The Morgan fingerprint density at radius 1 is 1.07 bits per heavy atom. The monoisotopic (exact) mass is 424 g/mol. The molecule has 30 heavy (non-hydrogen) atoms. The van der Waals surface area contributed by atoms with Crippen molar-refractivity contribution in [1.82, 2.24) is 4.98 Å². The van der Waals surface area contributed by atoms with Gasteiger partial charge in [-0.05, 0) is 36.4 Å². The summed E-state index contributed by atoms with van der Waals surface area (Å²) in [4.78, 5) is 17.0. The van der Waals surface area contributed by atoms with Crippen molar-refractivity contribution < 1.29 is 23.1 Å². The van der Waals surface area contributed by atoms with Crippen LogP contribution in [0.25, 0.3) is 22.6 Å². The Hall–Kier alpha value is -3.65. The fraction of sp³-hybridized carbons (Fsp3) is 0.0909. The molecule has 0 aliphatic heterocycles. The average molecular weight is 424 g/mol. The van der Waals surface area contributed by atoms with E-state index in [4.69, 9.17) is 13.9 Å². The van der Waals surface area contributed by atoms with Crippen LogP contribution in [-0.4, -0.2) is 25.1 Å². The summed E-state index contributed by atoms with van der Waals surface area (Å²) in [5.74, 6) is 0.728. The van der Waals surface area contributed by atoms with Gasteiger partial charge in [-0.15, -0.1) is 11.3 Å². The molecular formula is C22H17FN2O4S. The number of methoxy groups -OCH3 is 2. The molecule has 0 radical (unpaired) electrons. The highest BCUT2D eigenvalue weighted by Crippen LogP contribution is 2.35. The lowest BCUT2D eigenvalue weighted by Gasteiger charge is -2.08. The molecule has 0 saturated carbocycles. The summed E-state index contributed by atoms with van der Waals surface area (Å²) in [6.07, 6.45) is 0. The number of hydrogen-bond acceptors (Lipinski definition) is 6. The molecule has 0 aliphatic rings. The fourth-order valence-electron chi connectivity index (χ4n) is 2.89. The van der Waals surface area contributed by atoms with Gasteiger partial charge in [0.15, 0.2) is 10.9 Å². The van der Waals surface area contributed by atoms with E-state index in [2.05, 4.69) is 10.3 Å². The lowest BCUT2D eigenvalue weighted by molar-refractivity contribution is 0.0997. The molecule has 1 amide bonds. The van der Waals surface area contributed by atoms with Crippen LogP contribution in [0.3, 0.4) is 0 Å². The summed E-state index contributed by atoms with van der Waals surface area (Å²) in [6, 6.07) is 14.7. The topological polar surface area (TPSA) is 73.6 Å². The summed E-state index contributed by atoms with van der Waals surface area (Å²) >= 11 is 1.27. The van der Waals surface area contributed by atoms with Crippen LogP contribution < -0.4 is 14.8 Å². The molecule has 0 unspecified atom stereocenters. The summed E-state index contributed by atoms with van der Waals surface area (Å²) < 4.78 is 30.1. The second kappa shape index (κ2) is 8.38. The number of carbonyl (C=O) groups excluding carboxylic acids is 1. The molecule has 4 rings (SSSR count). The largest absolute Gasteiger partial charge is 0.497 e. The maximum Gasteiger partial charge on any atom is 0.293 e. The molecule has 0 spiro atoms. The molecule has 0 bridgehead atoms. The minimum atomic E-state index is -0.472. The zero-order valence-electron chi connectivity index (χ0n) is 16.1. The van der Waals surface area contributed by atoms with Crippen molar-refractivity contribution >= 4 is 22.4 Å². The van der Waals surface area contributed by atoms with E-state index in [0.717, 1.165) is 5.56 Å². The van der Waals surface area contributed by atoms with Crippen LogP contribution in [0.2, 0.25) is 0 Å². The normalized spacial score (nSPS) is 10.6. The summed E-state index contributed by atoms with van der Waals surface area (Å²) in [5, 5.41) is 4.92. The SMILES string of the molecule is COc1ccc(-c2csc(NC(=O)c3ccc(-c4ccccc4F)o3)n2)c(OC)c1. The number of furan rings is 1. The Labute approximate surface area is 175 Å². The van der Waals surface area contributed by atoms with Gasteiger partial charge in [0.1, 0.15) is 23.1 Å². The van der Waals surface area contributed by atoms with Gasteiger partial charge in [0.25, 0.3) is 5.91 Å². The van der Waals surface area contributed by atoms with Crippen molar-refractivity contribution in [3.8, 4) is 34.1 Å². The van der Waals surface area contributed by atoms with Crippen LogP contribution in [0.1, 0.15) is 10.6 Å². The lowest BCUT2D eigenvalue weighted by Crippen LogP contribution is -2.10. The Morgan fingerprint density at radius 2 is 1.90 bits per heavy atom. The van der Waals surface area contributed by atoms with E-state index in [-0.39, 0.29) is 11.5 Å². The standard InChI is InChI=1S/C22H17FN2O4S/c1-27-13-7-8-15(20(11-13)28-2)17-12-30-22(24-17)25-21(26)19-10-9-18(29-19)14-5-3-4-6-16(14)23/h3-12H,1-2H3,(H,24,25,26). The molecule has 1 N–H and O–H groups in total. The number of rotatable bonds is 6. The number of anilines is 1. The van der Waals surface area contributed by atoms with E-state index in [1.165, 1.54) is 23.5 Å². The molecule has 0 atom stereocenters. The highest BCUT2D eigenvalue weighted by atomic mass is 32.1. The average Bonchev–Trinajstić information content (AvgIpc) is 3.43. The van der Waals surface area contributed by atoms with Gasteiger partial charge in [0, 0.05) is 17.0 Å². The number of benzene rings is 2. The van der Waals surface area contributed by atoms with Crippen LogP contribution in [0.5, 0.6) is 11.5 Å². The maximum atomic E-state index is 13.9. The predicted octanol–water partition coefficient (Wildman–Crippen LogP) is 5.48. The summed E-state index contributed by atoms with van der Waals surface area (Å²) in [6.45, 7) is 0. The number of nitrogens with one attached hydrogen (secondary N) is 1. The number of ether oxygens (including phenoxy) is 2. The molecule has 2 heterocycles. The van der Waals surface area contributed by atoms with Crippen molar-refractivity contribution in [2.24, 2.45) is 0 Å². The molecule has 8 heteroatoms. The van der Waals surface area contributed by atoms with Crippen molar-refractivity contribution in [3.05, 3.63) is 71.6 Å². The minimum absolute atomic E-state index is 0.0621. The Balaban J connectivity index is 1.52. The second-order valence-corrected chi connectivity index (χ2v) is 7.06. The second-order valence-electron chi connectivity index (χ2n) is 6.20. The molecule has 4 aromatic rings. The van der Waals surface area contributed by atoms with E-state index in [0.29, 0.717) is 27.9 Å². The third-order valence-electron chi connectivity index (χ3n) is 4.38. The zero-order chi connectivity index (χ0) is 21.1. The quantitative estimate of drug-likeness (QED) is 0.444. The van der Waals surface area contributed by atoms with Gasteiger partial charge in [-0.1, -0.05) is 12.1 Å². The van der Waals surface area contributed by atoms with Gasteiger partial charge in [0.2, 0.25) is 0 Å². The lowest BCUT2D eigenvalue weighted by atomic mass is 10.1. The molecule has 0 aliphatic carbocycles. The third-order valence-corrected chi connectivity index (χ3v) is 5.14. The van der Waals surface area contributed by atoms with Crippen LogP contribution >= 0.6 is 11.3 Å². The summed E-state index contributed by atoms with van der Waals surface area (Å²) in [5.41, 5.74) is 1.72. The number of aromatic nitrogens is 1. The number of amides is 1. The smallest absolute Gasteiger partial charge is 0.293 e. The van der Waals surface area contributed by atoms with Crippen LogP contribution in [-0.2, 0) is 0 Å². The highest BCUT2D eigenvalue weighted by molar-refractivity contribution is 7.14. The molecule has 2 aromatic carbocycles. The van der Waals surface area contributed by atoms with Crippen molar-refractivity contribution in [1.29, 1.82) is 0 Å². The maximum absolute atomic E-state index is 13.9. The molecular weight excluding hydrogens is 407 g/mol. The third kappa shape index (κ3) is 3.90. The molecule has 0 fully saturated rings. The predicted molar refractivity (Wildman–Crippen MR) is 113 cm³/mol. The van der Waals surface area contributed by atoms with Gasteiger partial charge >= 0.3 is 0 Å². The van der Waals surface area contributed by atoms with E-state index in [1.807, 2.05) is 17.5 Å². The van der Waals surface area contributed by atoms with Crippen LogP contribution in [0.4, 0.5) is 9.52 Å². The van der Waals surface area contributed by atoms with Gasteiger partial charge in [0.05, 0.1) is 25.5 Å². The number of halogens is 1. The molecule has 2 aromatic heterocycles. The van der Waals surface area contributed by atoms with E-state index in [1.54, 1.807) is 44.6 Å². The number of nitrogens with zero attached hydrogens (tertiary/aromatic N) is 1. The van der Waals surface area contributed by atoms with Crippen molar-refractivity contribution in [3.63, 3.8) is 0 Å². The first kappa shape index (κ1) is 19.7. The van der Waals surface area contributed by atoms with Crippen LogP contribution in [0, 0.1) is 5.82 Å². The van der Waals surface area contributed by atoms with Crippen molar-refractivity contribution in [2.75, 3.05) is 19.5 Å². The Bertz CT molecular complexity index is 1200. The number of hydrogen-bond donors (Lipinski definition) is 1. The first-order valence-corrected chi connectivity index (χ1v) is 9.81. The molecule has 0 saturated heterocycles. The van der Waals surface area contributed by atoms with E-state index in [9.17, 15) is 9.18 Å². The van der Waals surface area contributed by atoms with Gasteiger partial charge in [-0.25, -0.2) is 9.37 Å². The first-order valence-electron chi connectivity index (χ1n) is 8.93. The summed E-state index contributed by atoms with van der Waals surface area (Å²) in [7, 11) is 3.15. The van der Waals surface area contributed by atoms with Crippen molar-refractivity contribution in [2.45, 2.75) is 0 Å². The highest BCUT2D eigenvalue weighted by Gasteiger charge is 2.17.